The second-order valence-electron chi connectivity index (χ2n) is 1.74. The van der Waals surface area contributed by atoms with Crippen LogP contribution in [0.4, 0.5) is 0 Å². The Labute approximate surface area is 63.1 Å². The van der Waals surface area contributed by atoms with Gasteiger partial charge in [-0.05, 0) is 17.4 Å². The molecule has 0 N–H and O–H groups in total. The first-order valence-corrected chi connectivity index (χ1v) is 3.12. The van der Waals surface area contributed by atoms with E-state index in [0.717, 1.165) is 0 Å². The van der Waals surface area contributed by atoms with Crippen LogP contribution in [0, 0.1) is 6.33 Å². The lowest BCUT2D eigenvalue weighted by Gasteiger charge is -1.98. The minimum Gasteiger partial charge on any atom is -0.465 e. The first-order valence-electron chi connectivity index (χ1n) is 3.12. The number of nitrogens with zero attached hydrogens (tertiary/aromatic N) is 4. The van der Waals surface area contributed by atoms with Crippen LogP contribution in [-0.4, -0.2) is 32.8 Å². The van der Waals surface area contributed by atoms with Crippen LogP contribution in [0.2, 0.25) is 0 Å². The van der Waals surface area contributed by atoms with Crippen molar-refractivity contribution in [2.45, 2.75) is 13.5 Å². The molecule has 0 atom stereocenters. The van der Waals surface area contributed by atoms with Gasteiger partial charge in [-0.1, -0.05) is 0 Å². The van der Waals surface area contributed by atoms with E-state index in [-0.39, 0.29) is 12.5 Å². The van der Waals surface area contributed by atoms with Gasteiger partial charge in [-0.25, -0.2) is 4.68 Å². The molecule has 1 heterocycles. The summed E-state index contributed by atoms with van der Waals surface area (Å²) in [6.07, 6.45) is 2.37. The van der Waals surface area contributed by atoms with Crippen LogP contribution in [0.25, 0.3) is 0 Å². The normalized spacial score (nSPS) is 9.55. The van der Waals surface area contributed by atoms with Crippen LogP contribution in [0.3, 0.4) is 0 Å². The molecule has 0 bridgehead atoms. The maximum atomic E-state index is 10.8. The minimum absolute atomic E-state index is 0.0147. The summed E-state index contributed by atoms with van der Waals surface area (Å²) in [5.41, 5.74) is 0. The van der Waals surface area contributed by atoms with Crippen molar-refractivity contribution in [3.63, 3.8) is 0 Å². The van der Waals surface area contributed by atoms with Gasteiger partial charge in [0.1, 0.15) is 6.54 Å². The summed E-state index contributed by atoms with van der Waals surface area (Å²) in [7, 11) is 0. The largest absolute Gasteiger partial charge is 0.465 e. The molecule has 0 aromatic carbocycles. The average Bonchev–Trinajstić information content (AvgIpc) is 2.40. The molecule has 0 saturated carbocycles. The summed E-state index contributed by atoms with van der Waals surface area (Å²) in [6.45, 7) is 2.11. The fourth-order valence-electron chi connectivity index (χ4n) is 0.556. The van der Waals surface area contributed by atoms with Gasteiger partial charge in [0.2, 0.25) is 6.33 Å². The summed E-state index contributed by atoms with van der Waals surface area (Å²) >= 11 is 0. The summed E-state index contributed by atoms with van der Waals surface area (Å²) < 4.78 is 5.82. The molecule has 1 radical (unpaired) electrons. The van der Waals surface area contributed by atoms with Crippen molar-refractivity contribution < 1.29 is 9.53 Å². The van der Waals surface area contributed by atoms with Gasteiger partial charge in [0.05, 0.1) is 6.61 Å². The molecule has 1 aromatic heterocycles. The summed E-state index contributed by atoms with van der Waals surface area (Å²) in [4.78, 5) is 10.8. The van der Waals surface area contributed by atoms with Crippen LogP contribution in [0.5, 0.6) is 0 Å². The third-order valence-corrected chi connectivity index (χ3v) is 0.937. The number of carbonyl (C=O) groups is 1. The molecule has 6 heteroatoms. The number of tetrazole rings is 1. The van der Waals surface area contributed by atoms with Crippen molar-refractivity contribution in [2.75, 3.05) is 6.61 Å². The number of hydrogen-bond donors (Lipinski definition) is 0. The predicted octanol–water partition coefficient (Wildman–Crippen LogP) is -0.964. The molecule has 0 spiro atoms. The van der Waals surface area contributed by atoms with E-state index in [1.165, 1.54) is 4.68 Å². The van der Waals surface area contributed by atoms with Gasteiger partial charge in [0, 0.05) is 0 Å². The van der Waals surface area contributed by atoms with Gasteiger partial charge in [-0.3, -0.25) is 4.79 Å². The van der Waals surface area contributed by atoms with Gasteiger partial charge in [0.15, 0.2) is 0 Å². The van der Waals surface area contributed by atoms with E-state index < -0.39 is 0 Å². The fraction of sp³-hybridized carbons (Fsp3) is 0.600. The van der Waals surface area contributed by atoms with Crippen molar-refractivity contribution in [3.8, 4) is 0 Å². The number of rotatable bonds is 3. The van der Waals surface area contributed by atoms with Gasteiger partial charge in [-0.2, -0.15) is 0 Å². The predicted molar refractivity (Wildman–Crippen MR) is 33.3 cm³/mol. The number of hydrogen-bond acceptors (Lipinski definition) is 5. The van der Waals surface area contributed by atoms with E-state index in [2.05, 4.69) is 26.6 Å². The van der Waals surface area contributed by atoms with Gasteiger partial charge in [0.25, 0.3) is 0 Å². The van der Waals surface area contributed by atoms with Gasteiger partial charge >= 0.3 is 5.97 Å². The summed E-state index contributed by atoms with van der Waals surface area (Å²) in [6, 6.07) is 0. The molecule has 0 saturated heterocycles. The molecule has 0 fully saturated rings. The molecule has 0 aliphatic heterocycles. The van der Waals surface area contributed by atoms with Crippen LogP contribution in [0.15, 0.2) is 0 Å². The second kappa shape index (κ2) is 3.65. The van der Waals surface area contributed by atoms with Gasteiger partial charge < -0.3 is 4.74 Å². The van der Waals surface area contributed by atoms with Crippen molar-refractivity contribution in [2.24, 2.45) is 0 Å². The maximum absolute atomic E-state index is 10.8. The zero-order valence-electron chi connectivity index (χ0n) is 6.02. The molecule has 59 valence electrons. The molecule has 1 rings (SSSR count). The average molecular weight is 155 g/mol. The Balaban J connectivity index is 2.37. The standard InChI is InChI=1S/C5H7N4O2/c1-2-11-5(10)3-9-4-6-7-8-9/h2-3H2,1H3. The number of aromatic nitrogens is 4. The Morgan fingerprint density at radius 1 is 1.73 bits per heavy atom. The lowest BCUT2D eigenvalue weighted by molar-refractivity contribution is -0.144. The first kappa shape index (κ1) is 7.64. The van der Waals surface area contributed by atoms with E-state index in [9.17, 15) is 4.79 Å². The molecule has 0 aliphatic carbocycles. The zero-order valence-corrected chi connectivity index (χ0v) is 6.02. The molecule has 11 heavy (non-hydrogen) atoms. The highest BCUT2D eigenvalue weighted by molar-refractivity contribution is 5.68. The number of ether oxygens (including phenoxy) is 1. The Morgan fingerprint density at radius 3 is 3.09 bits per heavy atom. The van der Waals surface area contributed by atoms with E-state index >= 15 is 0 Å². The third-order valence-electron chi connectivity index (χ3n) is 0.937. The number of carbonyl (C=O) groups excluding carboxylic acids is 1. The Hall–Kier alpha value is -1.46. The lowest BCUT2D eigenvalue weighted by atomic mass is 10.6. The fourth-order valence-corrected chi connectivity index (χ4v) is 0.556. The van der Waals surface area contributed by atoms with E-state index in [4.69, 9.17) is 0 Å². The monoisotopic (exact) mass is 155 g/mol. The molecule has 0 aliphatic rings. The summed E-state index contributed by atoms with van der Waals surface area (Å²) in [5, 5.41) is 9.98. The van der Waals surface area contributed by atoms with Crippen LogP contribution in [0.1, 0.15) is 6.92 Å². The lowest BCUT2D eigenvalue weighted by Crippen LogP contribution is -2.13. The van der Waals surface area contributed by atoms with E-state index in [1.807, 2.05) is 0 Å². The highest BCUT2D eigenvalue weighted by atomic mass is 16.5. The van der Waals surface area contributed by atoms with Crippen molar-refractivity contribution in [1.82, 2.24) is 20.2 Å². The van der Waals surface area contributed by atoms with Crippen molar-refractivity contribution in [3.05, 3.63) is 6.33 Å². The van der Waals surface area contributed by atoms with E-state index in [0.29, 0.717) is 6.61 Å². The smallest absolute Gasteiger partial charge is 0.327 e. The van der Waals surface area contributed by atoms with Crippen molar-refractivity contribution in [1.29, 1.82) is 0 Å². The second-order valence-corrected chi connectivity index (χ2v) is 1.74. The van der Waals surface area contributed by atoms with Crippen molar-refractivity contribution >= 4 is 5.97 Å². The quantitative estimate of drug-likeness (QED) is 0.525. The third kappa shape index (κ3) is 2.32. The SMILES string of the molecule is CCOC(=O)Cn1[c]nnn1. The van der Waals surface area contributed by atoms with E-state index in [1.54, 1.807) is 6.92 Å². The Morgan fingerprint density at radius 2 is 2.55 bits per heavy atom. The number of esters is 1. The zero-order chi connectivity index (χ0) is 8.10. The summed E-state index contributed by atoms with van der Waals surface area (Å²) in [5.74, 6) is -0.365. The first-order chi connectivity index (χ1) is 5.33. The van der Waals surface area contributed by atoms with Crippen LogP contribution in [-0.2, 0) is 16.1 Å². The Bertz CT molecular complexity index is 220. The molecular weight excluding hydrogens is 148 g/mol. The molecule has 6 nitrogen and oxygen atoms in total. The molecule has 0 amide bonds. The Kier molecular flexibility index (Phi) is 2.53. The maximum Gasteiger partial charge on any atom is 0.327 e. The molecule has 0 unspecified atom stereocenters. The topological polar surface area (TPSA) is 69.9 Å². The van der Waals surface area contributed by atoms with Crippen LogP contribution >= 0.6 is 0 Å². The molecule has 1 aromatic rings. The highest BCUT2D eigenvalue weighted by Gasteiger charge is 2.03. The van der Waals surface area contributed by atoms with Gasteiger partial charge in [-0.15, -0.1) is 5.10 Å². The molecular formula is C5H7N4O2. The minimum atomic E-state index is -0.365. The van der Waals surface area contributed by atoms with Crippen LogP contribution < -0.4 is 0 Å². The highest BCUT2D eigenvalue weighted by Crippen LogP contribution is 1.82.